The summed E-state index contributed by atoms with van der Waals surface area (Å²) >= 11 is 0. The predicted molar refractivity (Wildman–Crippen MR) is 121 cm³/mol. The van der Waals surface area contributed by atoms with E-state index in [-0.39, 0.29) is 12.5 Å². The molecule has 31 heavy (non-hydrogen) atoms. The third kappa shape index (κ3) is 4.58. The van der Waals surface area contributed by atoms with Crippen molar-refractivity contribution in [3.05, 3.63) is 65.2 Å². The minimum absolute atomic E-state index is 0.172. The summed E-state index contributed by atoms with van der Waals surface area (Å²) in [6.07, 6.45) is 0. The van der Waals surface area contributed by atoms with Gasteiger partial charge in [-0.15, -0.1) is 0 Å². The summed E-state index contributed by atoms with van der Waals surface area (Å²) in [6, 6.07) is 14.8. The second-order valence-electron chi connectivity index (χ2n) is 7.28. The highest BCUT2D eigenvalue weighted by Gasteiger charge is 2.49. The van der Waals surface area contributed by atoms with Crippen LogP contribution in [0.4, 0.5) is 0 Å². The SMILES string of the molecule is CC.COC(=O)C1=C(c2ccccc2)N(Cc2ccc(OC)cc2OC)C(=O)C1(C)C. The van der Waals surface area contributed by atoms with Gasteiger partial charge >= 0.3 is 5.97 Å². The molecule has 1 aliphatic rings. The quantitative estimate of drug-likeness (QED) is 0.629. The lowest BCUT2D eigenvalue weighted by Gasteiger charge is -2.24. The van der Waals surface area contributed by atoms with Crippen LogP contribution in [0.2, 0.25) is 0 Å². The lowest BCUT2D eigenvalue weighted by Crippen LogP contribution is -2.33. The van der Waals surface area contributed by atoms with Crippen LogP contribution >= 0.6 is 0 Å². The maximum atomic E-state index is 13.4. The molecule has 0 fully saturated rings. The molecule has 0 spiro atoms. The fraction of sp³-hybridized carbons (Fsp3) is 0.360. The molecule has 0 saturated carbocycles. The molecule has 1 aliphatic heterocycles. The Labute approximate surface area is 184 Å². The summed E-state index contributed by atoms with van der Waals surface area (Å²) in [4.78, 5) is 27.7. The fourth-order valence-corrected chi connectivity index (χ4v) is 3.63. The highest BCUT2D eigenvalue weighted by atomic mass is 16.5. The fourth-order valence-electron chi connectivity index (χ4n) is 3.63. The van der Waals surface area contributed by atoms with Crippen molar-refractivity contribution >= 4 is 17.6 Å². The van der Waals surface area contributed by atoms with Crippen LogP contribution in [0.25, 0.3) is 5.70 Å². The lowest BCUT2D eigenvalue weighted by molar-refractivity contribution is -0.140. The van der Waals surface area contributed by atoms with Gasteiger partial charge in [0.05, 0.1) is 44.6 Å². The summed E-state index contributed by atoms with van der Waals surface area (Å²) in [5.41, 5.74) is 1.48. The number of carbonyl (C=O) groups excluding carboxylic acids is 2. The molecule has 0 radical (unpaired) electrons. The average Bonchev–Trinajstić information content (AvgIpc) is 3.01. The minimum atomic E-state index is -1.02. The summed E-state index contributed by atoms with van der Waals surface area (Å²) in [5, 5.41) is 0. The molecule has 0 saturated heterocycles. The zero-order valence-electron chi connectivity index (χ0n) is 19.3. The summed E-state index contributed by atoms with van der Waals surface area (Å²) < 4.78 is 15.8. The highest BCUT2D eigenvalue weighted by molar-refractivity contribution is 6.12. The van der Waals surface area contributed by atoms with Crippen LogP contribution in [0.5, 0.6) is 11.5 Å². The maximum Gasteiger partial charge on any atom is 0.336 e. The molecule has 0 aliphatic carbocycles. The van der Waals surface area contributed by atoms with Gasteiger partial charge in [-0.05, 0) is 31.5 Å². The molecular weight excluding hydrogens is 394 g/mol. The van der Waals surface area contributed by atoms with E-state index in [1.54, 1.807) is 39.0 Å². The first-order valence-electron chi connectivity index (χ1n) is 10.3. The van der Waals surface area contributed by atoms with E-state index in [0.29, 0.717) is 22.8 Å². The third-order valence-corrected chi connectivity index (χ3v) is 5.17. The van der Waals surface area contributed by atoms with Gasteiger partial charge < -0.3 is 19.1 Å². The van der Waals surface area contributed by atoms with E-state index in [1.165, 1.54) is 7.11 Å². The second kappa shape index (κ2) is 10.2. The van der Waals surface area contributed by atoms with Crippen molar-refractivity contribution in [3.63, 3.8) is 0 Å². The Morgan fingerprint density at radius 3 is 2.16 bits per heavy atom. The van der Waals surface area contributed by atoms with Gasteiger partial charge in [0.1, 0.15) is 11.5 Å². The van der Waals surface area contributed by atoms with Crippen molar-refractivity contribution in [2.75, 3.05) is 21.3 Å². The predicted octanol–water partition coefficient (Wildman–Crippen LogP) is 4.68. The van der Waals surface area contributed by atoms with E-state index < -0.39 is 11.4 Å². The van der Waals surface area contributed by atoms with Gasteiger partial charge in [-0.3, -0.25) is 4.79 Å². The molecule has 0 atom stereocenters. The molecule has 2 aromatic carbocycles. The Morgan fingerprint density at radius 1 is 0.968 bits per heavy atom. The number of esters is 1. The number of carbonyl (C=O) groups is 2. The molecule has 6 heteroatoms. The Balaban J connectivity index is 0.00000166. The number of ether oxygens (including phenoxy) is 3. The van der Waals surface area contributed by atoms with E-state index in [2.05, 4.69) is 0 Å². The van der Waals surface area contributed by atoms with Crippen LogP contribution < -0.4 is 9.47 Å². The van der Waals surface area contributed by atoms with Crippen LogP contribution in [-0.2, 0) is 20.9 Å². The topological polar surface area (TPSA) is 65.1 Å². The number of hydrogen-bond acceptors (Lipinski definition) is 5. The number of nitrogens with zero attached hydrogens (tertiary/aromatic N) is 1. The van der Waals surface area contributed by atoms with Crippen LogP contribution in [0.3, 0.4) is 0 Å². The molecule has 0 N–H and O–H groups in total. The number of methoxy groups -OCH3 is 3. The van der Waals surface area contributed by atoms with Crippen LogP contribution in [0, 0.1) is 5.41 Å². The first-order valence-corrected chi connectivity index (χ1v) is 10.3. The standard InChI is InChI=1S/C23H25NO5.C2H6/c1-23(2)19(21(25)29-5)20(15-9-7-6-8-10-15)24(22(23)26)14-16-11-12-17(27-3)13-18(16)28-4;1-2/h6-13H,14H2,1-5H3;1-2H3. The third-order valence-electron chi connectivity index (χ3n) is 5.17. The smallest absolute Gasteiger partial charge is 0.336 e. The van der Waals surface area contributed by atoms with Gasteiger partial charge in [0.2, 0.25) is 5.91 Å². The van der Waals surface area contributed by atoms with Crippen molar-refractivity contribution in [1.82, 2.24) is 4.90 Å². The molecule has 1 heterocycles. The molecule has 6 nitrogen and oxygen atoms in total. The van der Waals surface area contributed by atoms with Crippen molar-refractivity contribution in [2.45, 2.75) is 34.2 Å². The van der Waals surface area contributed by atoms with Gasteiger partial charge in [0, 0.05) is 11.6 Å². The Hall–Kier alpha value is -3.28. The lowest BCUT2D eigenvalue weighted by atomic mass is 9.84. The summed E-state index contributed by atoms with van der Waals surface area (Å²) in [7, 11) is 4.48. The molecule has 0 unspecified atom stereocenters. The van der Waals surface area contributed by atoms with E-state index in [4.69, 9.17) is 14.2 Å². The molecule has 0 bridgehead atoms. The van der Waals surface area contributed by atoms with Crippen molar-refractivity contribution in [1.29, 1.82) is 0 Å². The Bertz CT molecular complexity index is 963. The number of benzene rings is 2. The van der Waals surface area contributed by atoms with E-state index in [0.717, 1.165) is 11.1 Å². The van der Waals surface area contributed by atoms with Gasteiger partial charge in [-0.1, -0.05) is 44.2 Å². The highest BCUT2D eigenvalue weighted by Crippen LogP contribution is 2.45. The average molecular weight is 426 g/mol. The molecule has 2 aromatic rings. The van der Waals surface area contributed by atoms with Gasteiger partial charge in [0.15, 0.2) is 0 Å². The monoisotopic (exact) mass is 425 g/mol. The van der Waals surface area contributed by atoms with Crippen LogP contribution in [0.1, 0.15) is 38.8 Å². The summed E-state index contributed by atoms with van der Waals surface area (Å²) in [6.45, 7) is 7.74. The largest absolute Gasteiger partial charge is 0.497 e. The Morgan fingerprint density at radius 2 is 1.61 bits per heavy atom. The van der Waals surface area contributed by atoms with Crippen molar-refractivity contribution < 1.29 is 23.8 Å². The molecule has 166 valence electrons. The normalized spacial score (nSPS) is 14.7. The molecule has 0 aromatic heterocycles. The van der Waals surface area contributed by atoms with E-state index in [9.17, 15) is 9.59 Å². The van der Waals surface area contributed by atoms with E-state index in [1.807, 2.05) is 56.3 Å². The van der Waals surface area contributed by atoms with Gasteiger partial charge in [-0.25, -0.2) is 4.79 Å². The molecule has 1 amide bonds. The molecular formula is C25H31NO5. The zero-order chi connectivity index (χ0) is 23.2. The van der Waals surface area contributed by atoms with Crippen molar-refractivity contribution in [2.24, 2.45) is 5.41 Å². The molecule has 3 rings (SSSR count). The van der Waals surface area contributed by atoms with Crippen molar-refractivity contribution in [3.8, 4) is 11.5 Å². The first-order chi connectivity index (χ1) is 14.8. The minimum Gasteiger partial charge on any atom is -0.497 e. The Kier molecular flexibility index (Phi) is 7.86. The van der Waals surface area contributed by atoms with Gasteiger partial charge in [0.25, 0.3) is 0 Å². The summed E-state index contributed by atoms with van der Waals surface area (Å²) in [5.74, 6) is 0.586. The van der Waals surface area contributed by atoms with E-state index >= 15 is 0 Å². The van der Waals surface area contributed by atoms with Gasteiger partial charge in [-0.2, -0.15) is 0 Å². The van der Waals surface area contributed by atoms with Crippen LogP contribution in [0.15, 0.2) is 54.1 Å². The number of amides is 1. The zero-order valence-corrected chi connectivity index (χ0v) is 19.3. The second-order valence-corrected chi connectivity index (χ2v) is 7.28. The maximum absolute atomic E-state index is 13.4. The first kappa shape index (κ1) is 24.0. The number of hydrogen-bond donors (Lipinski definition) is 0. The number of rotatable bonds is 6. The van der Waals surface area contributed by atoms with Crippen LogP contribution in [-0.4, -0.2) is 38.1 Å².